The van der Waals surface area contributed by atoms with Gasteiger partial charge in [0.2, 0.25) is 0 Å². The number of hydrogen-bond donors (Lipinski definition) is 0. The Balaban J connectivity index is 0. The Labute approximate surface area is 57.7 Å². The van der Waals surface area contributed by atoms with Crippen molar-refractivity contribution in [2.45, 2.75) is 20.8 Å². The van der Waals surface area contributed by atoms with Crippen molar-refractivity contribution in [2.75, 3.05) is 0 Å². The first-order valence-corrected chi connectivity index (χ1v) is 1.50. The summed E-state index contributed by atoms with van der Waals surface area (Å²) in [5, 5.41) is 0. The van der Waals surface area contributed by atoms with Crippen molar-refractivity contribution >= 4 is 0 Å². The Morgan fingerprint density at radius 1 is 1.00 bits per heavy atom. The summed E-state index contributed by atoms with van der Waals surface area (Å²) < 4.78 is 0. The summed E-state index contributed by atoms with van der Waals surface area (Å²) in [4.78, 5) is 0. The van der Waals surface area contributed by atoms with Crippen LogP contribution in [0.15, 0.2) is 0 Å². The minimum atomic E-state index is 0. The summed E-state index contributed by atoms with van der Waals surface area (Å²) >= 11 is 0. The molecule has 0 saturated carbocycles. The molecule has 0 saturated heterocycles. The maximum absolute atomic E-state index is 2.08. The average Bonchev–Trinajstić information content (AvgIpc) is 0.811. The van der Waals surface area contributed by atoms with E-state index in [4.69, 9.17) is 0 Å². The van der Waals surface area contributed by atoms with E-state index in [1.54, 1.807) is 0 Å². The van der Waals surface area contributed by atoms with Gasteiger partial charge in [0.25, 0.3) is 0 Å². The first-order valence-electron chi connectivity index (χ1n) is 1.50. The maximum Gasteiger partial charge on any atom is 0 e. The van der Waals surface area contributed by atoms with Crippen LogP contribution in [0.2, 0.25) is 0 Å². The van der Waals surface area contributed by atoms with Crippen LogP contribution in [-0.2, 0) is 0 Å². The Morgan fingerprint density at radius 3 is 1.00 bits per heavy atom. The van der Waals surface area contributed by atoms with Crippen LogP contribution in [0.5, 0.6) is 0 Å². The summed E-state index contributed by atoms with van der Waals surface area (Å²) in [6.45, 7) is 6.25. The molecule has 0 bridgehead atoms. The van der Waals surface area contributed by atoms with E-state index < -0.39 is 0 Å². The predicted octanol–water partition coefficient (Wildman–Crippen LogP) is 1.62. The van der Waals surface area contributed by atoms with Crippen LogP contribution >= 0.6 is 0 Å². The quantitative estimate of drug-likeness (QED) is 0.596. The molecule has 0 aromatic carbocycles. The standard InChI is InChI=1S/C4H9.U/c1-4(2)3;/h1-3H3;/q-1;. The Morgan fingerprint density at radius 2 is 1.00 bits per heavy atom. The largest absolute Gasteiger partial charge is 0.323 e. The van der Waals surface area contributed by atoms with Crippen LogP contribution < -0.4 is 0 Å². The van der Waals surface area contributed by atoms with Gasteiger partial charge < -0.3 is 5.92 Å². The molecule has 0 N–H and O–H groups in total. The van der Waals surface area contributed by atoms with Crippen molar-refractivity contribution in [3.8, 4) is 0 Å². The van der Waals surface area contributed by atoms with Gasteiger partial charge in [0.1, 0.15) is 0 Å². The molecule has 0 fully saturated rings. The third kappa shape index (κ3) is 42.5. The van der Waals surface area contributed by atoms with Crippen molar-refractivity contribution in [3.63, 3.8) is 0 Å². The van der Waals surface area contributed by atoms with E-state index in [1.165, 1.54) is 5.92 Å². The molecule has 0 aliphatic rings. The molecule has 0 rings (SSSR count). The molecule has 0 unspecified atom stereocenters. The molecule has 30 valence electrons. The number of hydrogen-bond acceptors (Lipinski definition) is 0. The van der Waals surface area contributed by atoms with Gasteiger partial charge in [0.05, 0.1) is 0 Å². The molecule has 0 radical (unpaired) electrons. The molecule has 0 aromatic heterocycles. The van der Waals surface area contributed by atoms with Gasteiger partial charge in [-0.1, -0.05) is 0 Å². The fraction of sp³-hybridized carbons (Fsp3) is 0.750. The first kappa shape index (κ1) is 9.41. The zero-order valence-electron chi connectivity index (χ0n) is 4.00. The predicted molar refractivity (Wildman–Crippen MR) is 20.3 cm³/mol. The summed E-state index contributed by atoms with van der Waals surface area (Å²) in [5.41, 5.74) is 0. The molecule has 0 atom stereocenters. The van der Waals surface area contributed by atoms with E-state index in [-0.39, 0.29) is 31.1 Å². The topological polar surface area (TPSA) is 0 Å². The summed E-state index contributed by atoms with van der Waals surface area (Å²) in [5.74, 6) is 1.42. The van der Waals surface area contributed by atoms with Crippen molar-refractivity contribution in [1.82, 2.24) is 0 Å². The van der Waals surface area contributed by atoms with Crippen molar-refractivity contribution in [3.05, 3.63) is 5.92 Å². The monoisotopic (exact) mass is 295 g/mol. The van der Waals surface area contributed by atoms with Gasteiger partial charge in [0, 0.05) is 31.1 Å². The third-order valence-electron chi connectivity index (χ3n) is 0. The minimum absolute atomic E-state index is 0. The van der Waals surface area contributed by atoms with Gasteiger partial charge in [-0.15, -0.1) is 0 Å². The van der Waals surface area contributed by atoms with Gasteiger partial charge in [-0.25, -0.2) is 0 Å². The minimum Gasteiger partial charge on any atom is -0.323 e. The second-order valence-corrected chi connectivity index (χ2v) is 1.50. The fourth-order valence-corrected chi connectivity index (χ4v) is 0. The Kier molecular flexibility index (Phi) is 9.51. The second-order valence-electron chi connectivity index (χ2n) is 1.50. The molecular formula is C4H9U-. The Hall–Kier alpha value is 1.05. The van der Waals surface area contributed by atoms with E-state index in [0.29, 0.717) is 0 Å². The molecule has 0 aromatic rings. The molecule has 0 spiro atoms. The fourth-order valence-electron chi connectivity index (χ4n) is 0. The van der Waals surface area contributed by atoms with Gasteiger partial charge in [0.15, 0.2) is 0 Å². The molecule has 0 amide bonds. The second kappa shape index (κ2) is 5.05. The molecular weight excluding hydrogens is 286 g/mol. The summed E-state index contributed by atoms with van der Waals surface area (Å²) in [6.07, 6.45) is 0. The van der Waals surface area contributed by atoms with E-state index in [9.17, 15) is 0 Å². The molecule has 5 heavy (non-hydrogen) atoms. The maximum atomic E-state index is 2.08. The van der Waals surface area contributed by atoms with Crippen molar-refractivity contribution in [1.29, 1.82) is 0 Å². The normalized spacial score (nSPS) is 7.20. The third-order valence-corrected chi connectivity index (χ3v) is 0. The SMILES string of the molecule is C[C-](C)C.[U]. The zero-order valence-corrected chi connectivity index (χ0v) is 8.16. The van der Waals surface area contributed by atoms with E-state index in [1.807, 2.05) is 0 Å². The van der Waals surface area contributed by atoms with E-state index in [0.717, 1.165) is 0 Å². The van der Waals surface area contributed by atoms with Gasteiger partial charge >= 0.3 is 0 Å². The van der Waals surface area contributed by atoms with Crippen LogP contribution in [0.3, 0.4) is 0 Å². The number of rotatable bonds is 0. The van der Waals surface area contributed by atoms with Gasteiger partial charge in [-0.05, 0) is 0 Å². The average molecular weight is 295 g/mol. The van der Waals surface area contributed by atoms with Gasteiger partial charge in [-0.3, -0.25) is 0 Å². The van der Waals surface area contributed by atoms with Crippen molar-refractivity contribution in [2.24, 2.45) is 0 Å². The van der Waals surface area contributed by atoms with Crippen LogP contribution in [0, 0.1) is 37.0 Å². The summed E-state index contributed by atoms with van der Waals surface area (Å²) in [7, 11) is 0. The Bertz CT molecular complexity index is 8.36. The van der Waals surface area contributed by atoms with Crippen molar-refractivity contribution < 1.29 is 31.1 Å². The molecule has 0 heterocycles. The molecule has 0 aliphatic carbocycles. The van der Waals surface area contributed by atoms with Gasteiger partial charge in [-0.2, -0.15) is 20.8 Å². The molecule has 1 heteroatoms. The first-order chi connectivity index (χ1) is 1.73. The molecule has 0 aliphatic heterocycles. The zero-order chi connectivity index (χ0) is 3.58. The van der Waals surface area contributed by atoms with E-state index in [2.05, 4.69) is 20.8 Å². The van der Waals surface area contributed by atoms with Crippen LogP contribution in [0.4, 0.5) is 0 Å². The van der Waals surface area contributed by atoms with Crippen LogP contribution in [0.25, 0.3) is 0 Å². The summed E-state index contributed by atoms with van der Waals surface area (Å²) in [6, 6.07) is 0. The molecule has 0 nitrogen and oxygen atoms in total. The smallest absolute Gasteiger partial charge is 0 e. The van der Waals surface area contributed by atoms with Crippen LogP contribution in [0.1, 0.15) is 20.8 Å². The van der Waals surface area contributed by atoms with E-state index >= 15 is 0 Å². The van der Waals surface area contributed by atoms with Crippen LogP contribution in [-0.4, -0.2) is 0 Å².